The Morgan fingerprint density at radius 3 is 2.33 bits per heavy atom. The van der Waals surface area contributed by atoms with E-state index in [-0.39, 0.29) is 0 Å². The number of phenols is 1. The summed E-state index contributed by atoms with van der Waals surface area (Å²) in [5.41, 5.74) is 7.10. The molecule has 0 saturated carbocycles. The van der Waals surface area contributed by atoms with Gasteiger partial charge in [-0.15, -0.1) is 0 Å². The lowest BCUT2D eigenvalue weighted by molar-refractivity contribution is 0.147. The van der Waals surface area contributed by atoms with Gasteiger partial charge in [0.1, 0.15) is 5.75 Å². The zero-order valence-electron chi connectivity index (χ0n) is 11.0. The molecular weight excluding hydrogens is 226 g/mol. The zero-order valence-corrected chi connectivity index (χ0v) is 11.0. The first kappa shape index (κ1) is 13.3. The van der Waals surface area contributed by atoms with Gasteiger partial charge in [-0.1, -0.05) is 12.1 Å². The maximum absolute atomic E-state index is 9.31. The normalized spacial score (nSPS) is 19.9. The maximum atomic E-state index is 9.31. The third-order valence-electron chi connectivity index (χ3n) is 3.72. The van der Waals surface area contributed by atoms with Crippen molar-refractivity contribution in [3.63, 3.8) is 0 Å². The fourth-order valence-corrected chi connectivity index (χ4v) is 2.40. The number of hydrogen-bond acceptors (Lipinski definition) is 4. The summed E-state index contributed by atoms with van der Waals surface area (Å²) in [7, 11) is 2.16. The number of hydrogen-bond donors (Lipinski definition) is 2. The second kappa shape index (κ2) is 6.18. The second-order valence-corrected chi connectivity index (χ2v) is 5.13. The average molecular weight is 249 g/mol. The molecule has 0 amide bonds. The van der Waals surface area contributed by atoms with Gasteiger partial charge in [-0.05, 0) is 24.7 Å². The Hall–Kier alpha value is -1.10. The summed E-state index contributed by atoms with van der Waals surface area (Å²) in [6, 6.07) is 7.43. The van der Waals surface area contributed by atoms with Crippen molar-refractivity contribution in [2.24, 2.45) is 5.73 Å². The molecule has 1 saturated heterocycles. The molecule has 1 aromatic carbocycles. The van der Waals surface area contributed by atoms with Crippen LogP contribution in [0.15, 0.2) is 24.3 Å². The summed E-state index contributed by atoms with van der Waals surface area (Å²) in [5, 5.41) is 9.31. The summed E-state index contributed by atoms with van der Waals surface area (Å²) >= 11 is 0. The van der Waals surface area contributed by atoms with Gasteiger partial charge in [-0.25, -0.2) is 0 Å². The van der Waals surface area contributed by atoms with E-state index in [0.717, 1.165) is 32.7 Å². The lowest BCUT2D eigenvalue weighted by Crippen LogP contribution is -2.46. The predicted molar refractivity (Wildman–Crippen MR) is 73.8 cm³/mol. The highest BCUT2D eigenvalue weighted by Gasteiger charge is 2.18. The Balaban J connectivity index is 1.94. The molecule has 1 aliphatic rings. The molecule has 1 unspecified atom stereocenters. The molecule has 100 valence electrons. The first-order chi connectivity index (χ1) is 8.69. The minimum atomic E-state index is 0.314. The lowest BCUT2D eigenvalue weighted by atomic mass is 9.98. The number of piperazine rings is 1. The number of aromatic hydroxyl groups is 1. The van der Waals surface area contributed by atoms with Crippen molar-refractivity contribution in [3.05, 3.63) is 29.8 Å². The van der Waals surface area contributed by atoms with Gasteiger partial charge in [0.15, 0.2) is 0 Å². The van der Waals surface area contributed by atoms with Crippen LogP contribution in [0, 0.1) is 0 Å². The summed E-state index contributed by atoms with van der Waals surface area (Å²) in [4.78, 5) is 4.83. The fourth-order valence-electron chi connectivity index (χ4n) is 2.40. The molecular formula is C14H23N3O. The fraction of sp³-hybridized carbons (Fsp3) is 0.571. The summed E-state index contributed by atoms with van der Waals surface area (Å²) in [6.45, 7) is 6.15. The molecule has 0 bridgehead atoms. The number of benzene rings is 1. The van der Waals surface area contributed by atoms with Crippen LogP contribution in [0.5, 0.6) is 5.75 Å². The highest BCUT2D eigenvalue weighted by atomic mass is 16.3. The van der Waals surface area contributed by atoms with E-state index in [2.05, 4.69) is 16.8 Å². The van der Waals surface area contributed by atoms with Gasteiger partial charge < -0.3 is 20.6 Å². The number of likely N-dealkylation sites (N-methyl/N-ethyl adjacent to an activating group) is 1. The van der Waals surface area contributed by atoms with Gasteiger partial charge in [-0.3, -0.25) is 0 Å². The number of phenolic OH excluding ortho intramolecular Hbond substituents is 1. The van der Waals surface area contributed by atoms with Crippen LogP contribution in [0.1, 0.15) is 11.5 Å². The molecule has 4 heteroatoms. The molecule has 2 rings (SSSR count). The lowest BCUT2D eigenvalue weighted by Gasteiger charge is -2.34. The number of rotatable bonds is 4. The first-order valence-corrected chi connectivity index (χ1v) is 6.59. The van der Waals surface area contributed by atoms with Crippen molar-refractivity contribution in [2.45, 2.75) is 5.92 Å². The van der Waals surface area contributed by atoms with E-state index in [1.54, 1.807) is 12.1 Å². The first-order valence-electron chi connectivity index (χ1n) is 6.59. The van der Waals surface area contributed by atoms with Gasteiger partial charge in [0, 0.05) is 45.2 Å². The summed E-state index contributed by atoms with van der Waals surface area (Å²) in [6.07, 6.45) is 0. The molecule has 0 aromatic heterocycles. The van der Waals surface area contributed by atoms with E-state index in [1.807, 2.05) is 12.1 Å². The molecule has 1 heterocycles. The van der Waals surface area contributed by atoms with E-state index in [4.69, 9.17) is 5.73 Å². The molecule has 1 fully saturated rings. The molecule has 1 aromatic rings. The van der Waals surface area contributed by atoms with E-state index >= 15 is 0 Å². The molecule has 0 radical (unpaired) electrons. The van der Waals surface area contributed by atoms with E-state index < -0.39 is 0 Å². The average Bonchev–Trinajstić information content (AvgIpc) is 2.39. The quantitative estimate of drug-likeness (QED) is 0.824. The van der Waals surface area contributed by atoms with Crippen molar-refractivity contribution < 1.29 is 5.11 Å². The topological polar surface area (TPSA) is 52.7 Å². The van der Waals surface area contributed by atoms with Crippen molar-refractivity contribution >= 4 is 0 Å². The maximum Gasteiger partial charge on any atom is 0.115 e. The van der Waals surface area contributed by atoms with Crippen LogP contribution < -0.4 is 5.73 Å². The van der Waals surface area contributed by atoms with Crippen LogP contribution in [0.4, 0.5) is 0 Å². The van der Waals surface area contributed by atoms with Gasteiger partial charge in [0.2, 0.25) is 0 Å². The van der Waals surface area contributed by atoms with Crippen molar-refractivity contribution in [1.82, 2.24) is 9.80 Å². The van der Waals surface area contributed by atoms with Gasteiger partial charge in [0.05, 0.1) is 0 Å². The van der Waals surface area contributed by atoms with Crippen LogP contribution in [-0.4, -0.2) is 61.2 Å². The Kier molecular flexibility index (Phi) is 4.58. The van der Waals surface area contributed by atoms with Gasteiger partial charge >= 0.3 is 0 Å². The van der Waals surface area contributed by atoms with Crippen molar-refractivity contribution in [2.75, 3.05) is 46.3 Å². The third-order valence-corrected chi connectivity index (χ3v) is 3.72. The Bertz CT molecular complexity index is 358. The largest absolute Gasteiger partial charge is 0.508 e. The Labute approximate surface area is 109 Å². The van der Waals surface area contributed by atoms with E-state index in [1.165, 1.54) is 5.56 Å². The van der Waals surface area contributed by atoms with Crippen LogP contribution in [0.2, 0.25) is 0 Å². The minimum Gasteiger partial charge on any atom is -0.508 e. The number of nitrogens with zero attached hydrogens (tertiary/aromatic N) is 2. The Morgan fingerprint density at radius 1 is 1.17 bits per heavy atom. The van der Waals surface area contributed by atoms with Crippen LogP contribution in [0.3, 0.4) is 0 Å². The molecule has 4 nitrogen and oxygen atoms in total. The highest BCUT2D eigenvalue weighted by molar-refractivity contribution is 5.28. The molecule has 1 atom stereocenters. The van der Waals surface area contributed by atoms with Crippen LogP contribution in [-0.2, 0) is 0 Å². The summed E-state index contributed by atoms with van der Waals surface area (Å²) in [5.74, 6) is 0.670. The second-order valence-electron chi connectivity index (χ2n) is 5.13. The van der Waals surface area contributed by atoms with Gasteiger partial charge in [0.25, 0.3) is 0 Å². The molecule has 18 heavy (non-hydrogen) atoms. The SMILES string of the molecule is CN1CCN(CC(CN)c2ccc(O)cc2)CC1. The monoisotopic (exact) mass is 249 g/mol. The van der Waals surface area contributed by atoms with Crippen LogP contribution >= 0.6 is 0 Å². The van der Waals surface area contributed by atoms with Gasteiger partial charge in [-0.2, -0.15) is 0 Å². The van der Waals surface area contributed by atoms with E-state index in [0.29, 0.717) is 18.2 Å². The zero-order chi connectivity index (χ0) is 13.0. The minimum absolute atomic E-state index is 0.314. The van der Waals surface area contributed by atoms with E-state index in [9.17, 15) is 5.11 Å². The van der Waals surface area contributed by atoms with Crippen molar-refractivity contribution in [1.29, 1.82) is 0 Å². The number of nitrogens with two attached hydrogens (primary N) is 1. The molecule has 0 spiro atoms. The van der Waals surface area contributed by atoms with Crippen LogP contribution in [0.25, 0.3) is 0 Å². The highest BCUT2D eigenvalue weighted by Crippen LogP contribution is 2.19. The predicted octanol–water partition coefficient (Wildman–Crippen LogP) is 0.682. The smallest absolute Gasteiger partial charge is 0.115 e. The third kappa shape index (κ3) is 3.45. The molecule has 0 aliphatic carbocycles. The van der Waals surface area contributed by atoms with Crippen molar-refractivity contribution in [3.8, 4) is 5.75 Å². The summed E-state index contributed by atoms with van der Waals surface area (Å²) < 4.78 is 0. The standard InChI is InChI=1S/C14H23N3O/c1-16-6-8-17(9-7-16)11-13(10-15)12-2-4-14(18)5-3-12/h2-5,13,18H,6-11,15H2,1H3. The Morgan fingerprint density at radius 2 is 1.78 bits per heavy atom. The molecule has 3 N–H and O–H groups in total. The molecule has 1 aliphatic heterocycles.